The fourth-order valence-electron chi connectivity index (χ4n) is 2.82. The smallest absolute Gasteiger partial charge is 0.335 e. The first-order valence-corrected chi connectivity index (χ1v) is 7.75. The molecule has 0 spiro atoms. The number of esters is 1. The number of aromatic hydroxyl groups is 2. The molecule has 1 fully saturated rings. The van der Waals surface area contributed by atoms with Crippen LogP contribution in [0.5, 0.6) is 11.5 Å². The van der Waals surface area contributed by atoms with Gasteiger partial charge in [-0.05, 0) is 17.7 Å². The van der Waals surface area contributed by atoms with E-state index in [2.05, 4.69) is 0 Å². The number of phenols is 2. The zero-order valence-electron chi connectivity index (χ0n) is 13.5. The van der Waals surface area contributed by atoms with Crippen molar-refractivity contribution in [3.63, 3.8) is 0 Å². The van der Waals surface area contributed by atoms with Crippen molar-refractivity contribution in [1.29, 1.82) is 0 Å². The predicted octanol–water partition coefficient (Wildman–Crippen LogP) is -1.24. The molecule has 7 N–H and O–H groups in total. The summed E-state index contributed by atoms with van der Waals surface area (Å²) >= 11 is 0. The average molecular weight is 372 g/mol. The van der Waals surface area contributed by atoms with Gasteiger partial charge in [0.05, 0.1) is 24.7 Å². The van der Waals surface area contributed by atoms with Crippen LogP contribution in [0.15, 0.2) is 18.2 Å². The van der Waals surface area contributed by atoms with Crippen LogP contribution in [0.1, 0.15) is 30.9 Å². The molecule has 1 aromatic rings. The van der Waals surface area contributed by atoms with Crippen molar-refractivity contribution in [3.8, 4) is 11.5 Å². The molecule has 1 aliphatic carbocycles. The first kappa shape index (κ1) is 19.9. The highest BCUT2D eigenvalue weighted by Gasteiger charge is 2.50. The molecule has 0 heterocycles. The number of carboxylic acids is 1. The van der Waals surface area contributed by atoms with E-state index in [1.807, 2.05) is 0 Å². The highest BCUT2D eigenvalue weighted by atomic mass is 16.6. The third-order valence-corrected chi connectivity index (χ3v) is 4.26. The van der Waals surface area contributed by atoms with Gasteiger partial charge in [0.15, 0.2) is 23.2 Å². The summed E-state index contributed by atoms with van der Waals surface area (Å²) in [5.74, 6) is -3.49. The van der Waals surface area contributed by atoms with Gasteiger partial charge in [0.2, 0.25) is 0 Å². The van der Waals surface area contributed by atoms with Crippen LogP contribution in [0.3, 0.4) is 0 Å². The summed E-state index contributed by atoms with van der Waals surface area (Å²) in [5.41, 5.74) is -2.20. The Balaban J connectivity index is 1.98. The van der Waals surface area contributed by atoms with Crippen molar-refractivity contribution in [2.24, 2.45) is 0 Å². The van der Waals surface area contributed by atoms with Crippen molar-refractivity contribution < 1.29 is 50.1 Å². The van der Waals surface area contributed by atoms with E-state index in [4.69, 9.17) is 9.84 Å². The number of aliphatic hydroxyl groups excluding tert-OH is 3. The molecule has 2 rings (SSSR count). The summed E-state index contributed by atoms with van der Waals surface area (Å²) in [6.45, 7) is 0. The van der Waals surface area contributed by atoms with Crippen molar-refractivity contribution in [1.82, 2.24) is 0 Å². The summed E-state index contributed by atoms with van der Waals surface area (Å²) in [6, 6.07) is 3.47. The van der Waals surface area contributed by atoms with E-state index >= 15 is 0 Å². The van der Waals surface area contributed by atoms with E-state index in [-0.39, 0.29) is 5.56 Å². The molecule has 0 aromatic heterocycles. The number of phenolic OH excluding ortho intramolecular Hbond substituents is 2. The van der Waals surface area contributed by atoms with E-state index < -0.39 is 72.7 Å². The average Bonchev–Trinajstić information content (AvgIpc) is 2.53. The van der Waals surface area contributed by atoms with E-state index in [9.17, 15) is 40.2 Å². The van der Waals surface area contributed by atoms with Gasteiger partial charge in [-0.15, -0.1) is 0 Å². The quantitative estimate of drug-likeness (QED) is 0.244. The number of aliphatic carboxylic acids is 1. The summed E-state index contributed by atoms with van der Waals surface area (Å²) < 4.78 is 4.92. The minimum absolute atomic E-state index is 0.127. The molecule has 0 saturated heterocycles. The Morgan fingerprint density at radius 1 is 1.15 bits per heavy atom. The number of hydrogen-bond acceptors (Lipinski definition) is 9. The maximum Gasteiger partial charge on any atom is 0.335 e. The van der Waals surface area contributed by atoms with Gasteiger partial charge in [-0.3, -0.25) is 4.79 Å². The van der Waals surface area contributed by atoms with Gasteiger partial charge in [-0.1, -0.05) is 6.07 Å². The van der Waals surface area contributed by atoms with Crippen LogP contribution in [0.25, 0.3) is 0 Å². The van der Waals surface area contributed by atoms with Gasteiger partial charge in [0, 0.05) is 12.8 Å². The van der Waals surface area contributed by atoms with Gasteiger partial charge in [0.1, 0.15) is 0 Å². The molecule has 0 aliphatic heterocycles. The number of rotatable bonds is 5. The zero-order valence-corrected chi connectivity index (χ0v) is 13.5. The Kier molecular flexibility index (Phi) is 5.71. The number of hydrogen-bond donors (Lipinski definition) is 7. The van der Waals surface area contributed by atoms with Crippen LogP contribution in [0, 0.1) is 0 Å². The normalized spacial score (nSPS) is 29.8. The first-order chi connectivity index (χ1) is 12.0. The van der Waals surface area contributed by atoms with E-state index in [1.165, 1.54) is 6.07 Å². The Morgan fingerprint density at radius 2 is 1.73 bits per heavy atom. The molecule has 10 nitrogen and oxygen atoms in total. The number of aliphatic hydroxyl groups is 4. The van der Waals surface area contributed by atoms with Gasteiger partial charge < -0.3 is 40.5 Å². The highest BCUT2D eigenvalue weighted by Crippen LogP contribution is 2.32. The second kappa shape index (κ2) is 7.46. The fraction of sp³-hybridized carbons (Fsp3) is 0.500. The molecular formula is C16H20O10. The lowest BCUT2D eigenvalue weighted by Gasteiger charge is -2.39. The standard InChI is InChI=1S/C16H20O10/c17-8-2-1-7(3-10(8)19)9(18)4-13(22)26-14-11(20)5-16(25,15(23)24)6-12(14)21/h1-3,9,11-12,14,17-21,25H,4-6H2,(H,23,24)/t9-,11-,12-,14?,16?/m1/s1. The molecule has 1 aliphatic rings. The Labute approximate surface area is 147 Å². The van der Waals surface area contributed by atoms with Crippen LogP contribution in [0.4, 0.5) is 0 Å². The molecule has 0 amide bonds. The number of carbonyl (C=O) groups excluding carboxylic acids is 1. The van der Waals surface area contributed by atoms with E-state index in [0.29, 0.717) is 0 Å². The lowest BCUT2D eigenvalue weighted by atomic mass is 9.79. The largest absolute Gasteiger partial charge is 0.504 e. The zero-order chi connectivity index (χ0) is 19.6. The molecule has 26 heavy (non-hydrogen) atoms. The van der Waals surface area contributed by atoms with Crippen LogP contribution >= 0.6 is 0 Å². The molecule has 0 bridgehead atoms. The lowest BCUT2D eigenvalue weighted by Crippen LogP contribution is -2.57. The van der Waals surface area contributed by atoms with Gasteiger partial charge in [-0.2, -0.15) is 0 Å². The predicted molar refractivity (Wildman–Crippen MR) is 83.1 cm³/mol. The first-order valence-electron chi connectivity index (χ1n) is 7.75. The Hall–Kier alpha value is -2.40. The summed E-state index contributed by atoms with van der Waals surface area (Å²) in [7, 11) is 0. The third-order valence-electron chi connectivity index (χ3n) is 4.26. The molecule has 0 unspecified atom stereocenters. The number of carbonyl (C=O) groups is 2. The maximum absolute atomic E-state index is 11.9. The topological polar surface area (TPSA) is 185 Å². The van der Waals surface area contributed by atoms with Crippen molar-refractivity contribution in [3.05, 3.63) is 23.8 Å². The molecule has 1 aromatic carbocycles. The lowest BCUT2D eigenvalue weighted by molar-refractivity contribution is -0.199. The second-order valence-electron chi connectivity index (χ2n) is 6.30. The molecule has 0 radical (unpaired) electrons. The Bertz CT molecular complexity index is 676. The summed E-state index contributed by atoms with van der Waals surface area (Å²) in [6.07, 6.45) is -7.91. The van der Waals surface area contributed by atoms with Gasteiger partial charge in [0.25, 0.3) is 0 Å². The number of ether oxygens (including phenoxy) is 1. The number of carboxylic acid groups (broad SMARTS) is 1. The van der Waals surface area contributed by atoms with E-state index in [1.54, 1.807) is 0 Å². The van der Waals surface area contributed by atoms with Crippen LogP contribution in [0.2, 0.25) is 0 Å². The van der Waals surface area contributed by atoms with Gasteiger partial charge >= 0.3 is 11.9 Å². The monoisotopic (exact) mass is 372 g/mol. The van der Waals surface area contributed by atoms with E-state index in [0.717, 1.165) is 12.1 Å². The maximum atomic E-state index is 11.9. The minimum Gasteiger partial charge on any atom is -0.504 e. The van der Waals surface area contributed by atoms with Crippen LogP contribution in [-0.4, -0.2) is 71.6 Å². The third kappa shape index (κ3) is 4.22. The summed E-state index contributed by atoms with van der Waals surface area (Å²) in [5, 5.41) is 67.2. The number of benzene rings is 1. The molecular weight excluding hydrogens is 352 g/mol. The molecule has 3 atom stereocenters. The van der Waals surface area contributed by atoms with Gasteiger partial charge in [-0.25, -0.2) is 4.79 Å². The van der Waals surface area contributed by atoms with Crippen LogP contribution in [-0.2, 0) is 14.3 Å². The van der Waals surface area contributed by atoms with Crippen molar-refractivity contribution in [2.45, 2.75) is 49.3 Å². The van der Waals surface area contributed by atoms with Crippen LogP contribution < -0.4 is 0 Å². The van der Waals surface area contributed by atoms with Crippen molar-refractivity contribution in [2.75, 3.05) is 0 Å². The van der Waals surface area contributed by atoms with Crippen molar-refractivity contribution >= 4 is 11.9 Å². The SMILES string of the molecule is O=C(C[C@@H](O)c1ccc(O)c(O)c1)OC1[C@H](O)CC(O)(C(=O)O)C[C@H]1O. The highest BCUT2D eigenvalue weighted by molar-refractivity contribution is 5.77. The summed E-state index contributed by atoms with van der Waals surface area (Å²) in [4.78, 5) is 22.9. The minimum atomic E-state index is -2.33. The fourth-order valence-corrected chi connectivity index (χ4v) is 2.82. The molecule has 144 valence electrons. The molecule has 1 saturated carbocycles. The molecule has 10 heteroatoms. The second-order valence-corrected chi connectivity index (χ2v) is 6.30. The Morgan fingerprint density at radius 3 is 2.23 bits per heavy atom.